The second kappa shape index (κ2) is 7.45. The average Bonchev–Trinajstić information content (AvgIpc) is 3.46. The van der Waals surface area contributed by atoms with Crippen LogP contribution in [0.1, 0.15) is 35.4 Å². The van der Waals surface area contributed by atoms with Crippen LogP contribution in [-0.2, 0) is 0 Å². The van der Waals surface area contributed by atoms with Crippen molar-refractivity contribution in [2.24, 2.45) is 0 Å². The second-order valence-electron chi connectivity index (χ2n) is 7.77. The molecule has 5 rings (SSSR count). The lowest BCUT2D eigenvalue weighted by Crippen LogP contribution is -2.46. The first-order chi connectivity index (χ1) is 14.6. The van der Waals surface area contributed by atoms with Gasteiger partial charge in [0.25, 0.3) is 0 Å². The molecule has 2 atom stereocenters. The Labute approximate surface area is 173 Å². The summed E-state index contributed by atoms with van der Waals surface area (Å²) < 4.78 is 32.4. The number of hydrogen-bond acceptors (Lipinski definition) is 5. The number of aromatic nitrogens is 1. The van der Waals surface area contributed by atoms with Crippen LogP contribution in [0.25, 0.3) is 0 Å². The van der Waals surface area contributed by atoms with Gasteiger partial charge in [-0.3, -0.25) is 0 Å². The van der Waals surface area contributed by atoms with Gasteiger partial charge >= 0.3 is 0 Å². The van der Waals surface area contributed by atoms with Gasteiger partial charge in [-0.25, -0.2) is 13.8 Å². The normalized spacial score (nSPS) is 20.8. The van der Waals surface area contributed by atoms with E-state index >= 15 is 0 Å². The molecule has 1 aliphatic carbocycles. The van der Waals surface area contributed by atoms with Crippen LogP contribution in [0, 0.1) is 23.0 Å². The van der Waals surface area contributed by atoms with Crippen molar-refractivity contribution in [3.8, 4) is 6.07 Å². The van der Waals surface area contributed by atoms with E-state index in [0.29, 0.717) is 30.6 Å². The van der Waals surface area contributed by atoms with Crippen LogP contribution in [0.3, 0.4) is 0 Å². The lowest BCUT2D eigenvalue weighted by Gasteiger charge is -2.35. The summed E-state index contributed by atoms with van der Waals surface area (Å²) in [6, 6.07) is 15.2. The molecule has 1 aromatic heterocycles. The van der Waals surface area contributed by atoms with E-state index in [1.807, 2.05) is 4.90 Å². The zero-order valence-corrected chi connectivity index (χ0v) is 16.3. The molecule has 0 amide bonds. The topological polar surface area (TPSA) is 56.3 Å². The molecular weight excluding hydrogens is 386 g/mol. The van der Waals surface area contributed by atoms with Crippen molar-refractivity contribution in [3.05, 3.63) is 77.3 Å². The van der Waals surface area contributed by atoms with Gasteiger partial charge in [0.05, 0.1) is 0 Å². The predicted octanol–water partition coefficient (Wildman–Crippen LogP) is 4.42. The first-order valence-corrected chi connectivity index (χ1v) is 10.0. The van der Waals surface area contributed by atoms with E-state index in [0.717, 1.165) is 30.8 Å². The van der Waals surface area contributed by atoms with Gasteiger partial charge in [-0.05, 0) is 54.3 Å². The van der Waals surface area contributed by atoms with Crippen LogP contribution in [0.4, 0.5) is 20.4 Å². The fourth-order valence-corrected chi connectivity index (χ4v) is 4.14. The highest BCUT2D eigenvalue weighted by Gasteiger charge is 2.44. The highest BCUT2D eigenvalue weighted by molar-refractivity contribution is 5.52. The predicted molar refractivity (Wildman–Crippen MR) is 109 cm³/mol. The molecule has 3 aromatic rings. The Morgan fingerprint density at radius 1 is 0.867 bits per heavy atom. The Hall–Kier alpha value is -3.40. The number of benzene rings is 2. The standard InChI is InChI=1S/C23H20F2N4O/c24-16-3-1-15(2-4-16)19-13-20(19)22-27-21(14-26)23(30-22)29-11-9-28(10-12-29)18-7-5-17(25)6-8-18/h1-8,19-20H,9-13H2. The fraction of sp³-hybridized carbons (Fsp3) is 0.304. The number of rotatable bonds is 4. The van der Waals surface area contributed by atoms with E-state index in [9.17, 15) is 14.0 Å². The number of oxazole rings is 1. The summed E-state index contributed by atoms with van der Waals surface area (Å²) in [4.78, 5) is 8.68. The summed E-state index contributed by atoms with van der Waals surface area (Å²) >= 11 is 0. The molecule has 2 heterocycles. The average molecular weight is 406 g/mol. The molecule has 0 bridgehead atoms. The van der Waals surface area contributed by atoms with Gasteiger partial charge in [-0.2, -0.15) is 5.26 Å². The highest BCUT2D eigenvalue weighted by atomic mass is 19.1. The molecule has 1 aliphatic heterocycles. The molecule has 0 spiro atoms. The number of halogens is 2. The number of piperazine rings is 1. The van der Waals surface area contributed by atoms with Gasteiger partial charge in [-0.15, -0.1) is 0 Å². The van der Waals surface area contributed by atoms with Gasteiger partial charge < -0.3 is 14.2 Å². The van der Waals surface area contributed by atoms with Crippen LogP contribution in [0.5, 0.6) is 0 Å². The Kier molecular flexibility index (Phi) is 4.62. The first-order valence-electron chi connectivity index (χ1n) is 10.0. The van der Waals surface area contributed by atoms with Crippen LogP contribution >= 0.6 is 0 Å². The number of nitrogens with zero attached hydrogens (tertiary/aromatic N) is 4. The summed E-state index contributed by atoms with van der Waals surface area (Å²) in [5.41, 5.74) is 2.35. The Balaban J connectivity index is 1.28. The lowest BCUT2D eigenvalue weighted by molar-refractivity contribution is 0.476. The van der Waals surface area contributed by atoms with Crippen molar-refractivity contribution in [2.45, 2.75) is 18.3 Å². The van der Waals surface area contributed by atoms with Crippen molar-refractivity contribution >= 4 is 11.6 Å². The van der Waals surface area contributed by atoms with Crippen molar-refractivity contribution in [2.75, 3.05) is 36.0 Å². The van der Waals surface area contributed by atoms with Gasteiger partial charge in [0.15, 0.2) is 0 Å². The summed E-state index contributed by atoms with van der Waals surface area (Å²) in [5.74, 6) is 0.980. The van der Waals surface area contributed by atoms with E-state index in [1.54, 1.807) is 24.3 Å². The Morgan fingerprint density at radius 2 is 1.47 bits per heavy atom. The SMILES string of the molecule is N#Cc1nc(C2CC2c2ccc(F)cc2)oc1N1CCN(c2ccc(F)cc2)CC1. The Bertz CT molecular complexity index is 1080. The van der Waals surface area contributed by atoms with Gasteiger partial charge in [-0.1, -0.05) is 12.1 Å². The first kappa shape index (κ1) is 18.6. The zero-order chi connectivity index (χ0) is 20.7. The van der Waals surface area contributed by atoms with E-state index in [1.165, 1.54) is 24.3 Å². The third-order valence-corrected chi connectivity index (χ3v) is 5.90. The molecule has 2 fully saturated rings. The minimum atomic E-state index is -0.249. The van der Waals surface area contributed by atoms with Gasteiger partial charge in [0, 0.05) is 37.8 Å². The second-order valence-corrected chi connectivity index (χ2v) is 7.77. The van der Waals surface area contributed by atoms with Crippen molar-refractivity contribution in [1.29, 1.82) is 5.26 Å². The van der Waals surface area contributed by atoms with Crippen molar-refractivity contribution in [1.82, 2.24) is 4.98 Å². The summed E-state index contributed by atoms with van der Waals surface area (Å²) in [5, 5.41) is 9.55. The number of hydrogen-bond donors (Lipinski definition) is 0. The van der Waals surface area contributed by atoms with Crippen LogP contribution in [0.15, 0.2) is 52.9 Å². The highest BCUT2D eigenvalue weighted by Crippen LogP contribution is 2.55. The summed E-state index contributed by atoms with van der Waals surface area (Å²) in [6.07, 6.45) is 0.884. The van der Waals surface area contributed by atoms with E-state index in [2.05, 4.69) is 16.0 Å². The molecule has 7 heteroatoms. The molecule has 1 saturated carbocycles. The molecule has 0 N–H and O–H groups in total. The van der Waals surface area contributed by atoms with Gasteiger partial charge in [0.2, 0.25) is 17.5 Å². The quantitative estimate of drug-likeness (QED) is 0.642. The third kappa shape index (κ3) is 3.50. The lowest BCUT2D eigenvalue weighted by atomic mass is 10.1. The minimum absolute atomic E-state index is 0.122. The molecule has 2 aromatic carbocycles. The maximum atomic E-state index is 13.2. The minimum Gasteiger partial charge on any atom is -0.423 e. The number of anilines is 2. The van der Waals surface area contributed by atoms with E-state index in [4.69, 9.17) is 4.42 Å². The summed E-state index contributed by atoms with van der Waals surface area (Å²) in [7, 11) is 0. The molecule has 2 unspecified atom stereocenters. The molecule has 1 saturated heterocycles. The van der Waals surface area contributed by atoms with Crippen LogP contribution in [-0.4, -0.2) is 31.2 Å². The van der Waals surface area contributed by atoms with E-state index in [-0.39, 0.29) is 23.5 Å². The molecule has 152 valence electrons. The van der Waals surface area contributed by atoms with E-state index < -0.39 is 0 Å². The van der Waals surface area contributed by atoms with Crippen LogP contribution < -0.4 is 9.80 Å². The molecule has 30 heavy (non-hydrogen) atoms. The molecule has 2 aliphatic rings. The largest absolute Gasteiger partial charge is 0.423 e. The maximum absolute atomic E-state index is 13.2. The summed E-state index contributed by atoms with van der Waals surface area (Å²) in [6.45, 7) is 2.86. The Morgan fingerprint density at radius 3 is 2.10 bits per heavy atom. The maximum Gasteiger partial charge on any atom is 0.234 e. The van der Waals surface area contributed by atoms with Crippen molar-refractivity contribution in [3.63, 3.8) is 0 Å². The van der Waals surface area contributed by atoms with Crippen LogP contribution in [0.2, 0.25) is 0 Å². The molecular formula is C23H20F2N4O. The van der Waals surface area contributed by atoms with Gasteiger partial charge in [0.1, 0.15) is 17.7 Å². The molecule has 5 nitrogen and oxygen atoms in total. The zero-order valence-electron chi connectivity index (χ0n) is 16.3. The fourth-order valence-electron chi connectivity index (χ4n) is 4.14. The monoisotopic (exact) mass is 406 g/mol. The third-order valence-electron chi connectivity index (χ3n) is 5.90. The smallest absolute Gasteiger partial charge is 0.234 e. The van der Waals surface area contributed by atoms with Crippen molar-refractivity contribution < 1.29 is 13.2 Å². The number of nitriles is 1. The molecule has 0 radical (unpaired) electrons.